The van der Waals surface area contributed by atoms with E-state index in [1.807, 2.05) is 0 Å². The lowest BCUT2D eigenvalue weighted by atomic mass is 10.1. The molecule has 0 aliphatic rings. The van der Waals surface area contributed by atoms with E-state index in [0.29, 0.717) is 15.0 Å². The van der Waals surface area contributed by atoms with Crippen LogP contribution in [0.25, 0.3) is 10.6 Å². The van der Waals surface area contributed by atoms with Crippen LogP contribution in [0.4, 0.5) is 17.6 Å². The first-order valence-electron chi connectivity index (χ1n) is 4.24. The van der Waals surface area contributed by atoms with Gasteiger partial charge in [-0.25, -0.2) is 4.39 Å². The van der Waals surface area contributed by atoms with E-state index in [2.05, 4.69) is 26.1 Å². The number of hydrogen-bond donors (Lipinski definition) is 0. The molecule has 0 amide bonds. The zero-order valence-electron chi connectivity index (χ0n) is 7.92. The molecular weight excluding hydrogens is 324 g/mol. The van der Waals surface area contributed by atoms with Gasteiger partial charge in [-0.05, 0) is 28.1 Å². The molecule has 8 heteroatoms. The van der Waals surface area contributed by atoms with Crippen molar-refractivity contribution in [2.45, 2.75) is 6.18 Å². The predicted octanol–water partition coefficient (Wildman–Crippen LogP) is 4.13. The largest absolute Gasteiger partial charge is 0.419 e. The van der Waals surface area contributed by atoms with Crippen LogP contribution in [0.15, 0.2) is 22.1 Å². The second-order valence-electron chi connectivity index (χ2n) is 3.05. The van der Waals surface area contributed by atoms with E-state index in [1.54, 1.807) is 0 Å². The maximum absolute atomic E-state index is 13.3. The number of halogens is 5. The molecule has 2 rings (SSSR count). The Morgan fingerprint density at radius 1 is 1.18 bits per heavy atom. The van der Waals surface area contributed by atoms with Crippen molar-refractivity contribution in [1.29, 1.82) is 0 Å². The molecule has 1 aromatic heterocycles. The summed E-state index contributed by atoms with van der Waals surface area (Å²) < 4.78 is 50.7. The lowest BCUT2D eigenvalue weighted by molar-refractivity contribution is -0.139. The molecule has 0 spiro atoms. The molecule has 1 aromatic carbocycles. The highest BCUT2D eigenvalue weighted by Gasteiger charge is 2.34. The molecule has 0 bridgehead atoms. The van der Waals surface area contributed by atoms with Crippen LogP contribution in [0, 0.1) is 5.82 Å². The van der Waals surface area contributed by atoms with Crippen LogP contribution in [-0.2, 0) is 6.18 Å². The van der Waals surface area contributed by atoms with Gasteiger partial charge in [0.2, 0.25) is 0 Å². The number of nitrogens with zero attached hydrogens (tertiary/aromatic N) is 2. The molecule has 0 fully saturated rings. The molecule has 2 aromatic rings. The van der Waals surface area contributed by atoms with E-state index < -0.39 is 17.6 Å². The Bertz CT molecular complexity index is 552. The van der Waals surface area contributed by atoms with Gasteiger partial charge in [0.15, 0.2) is 3.92 Å². The van der Waals surface area contributed by atoms with Crippen LogP contribution in [0.1, 0.15) is 5.56 Å². The van der Waals surface area contributed by atoms with Gasteiger partial charge in [-0.1, -0.05) is 17.4 Å². The first-order chi connectivity index (χ1) is 7.88. The van der Waals surface area contributed by atoms with Crippen molar-refractivity contribution in [3.63, 3.8) is 0 Å². The zero-order chi connectivity index (χ0) is 12.6. The highest BCUT2D eigenvalue weighted by Crippen LogP contribution is 2.34. The summed E-state index contributed by atoms with van der Waals surface area (Å²) in [6.45, 7) is 0. The fraction of sp³-hybridized carbons (Fsp3) is 0.111. The van der Waals surface area contributed by atoms with Crippen molar-refractivity contribution in [1.82, 2.24) is 10.2 Å². The standard InChI is InChI=1S/C9H3BrF4N2S/c10-8-16-15-7(17-8)4-1-2-5(6(11)3-4)9(12,13)14/h1-3H. The molecule has 0 saturated heterocycles. The van der Waals surface area contributed by atoms with Crippen molar-refractivity contribution < 1.29 is 17.6 Å². The summed E-state index contributed by atoms with van der Waals surface area (Å²) in [5.74, 6) is -1.32. The third-order valence-corrected chi connectivity index (χ3v) is 3.33. The third-order valence-electron chi connectivity index (χ3n) is 1.92. The van der Waals surface area contributed by atoms with Gasteiger partial charge in [-0.15, -0.1) is 10.2 Å². The molecule has 0 radical (unpaired) electrons. The summed E-state index contributed by atoms with van der Waals surface area (Å²) in [4.78, 5) is 0. The number of rotatable bonds is 1. The Hall–Kier alpha value is -1.02. The summed E-state index contributed by atoms with van der Waals surface area (Å²) in [5.41, 5.74) is -1.02. The third kappa shape index (κ3) is 2.63. The van der Waals surface area contributed by atoms with Crippen molar-refractivity contribution in [2.24, 2.45) is 0 Å². The second-order valence-corrected chi connectivity index (χ2v) is 5.31. The van der Waals surface area contributed by atoms with E-state index in [4.69, 9.17) is 0 Å². The minimum atomic E-state index is -4.69. The minimum Gasteiger partial charge on any atom is -0.206 e. The van der Waals surface area contributed by atoms with E-state index >= 15 is 0 Å². The van der Waals surface area contributed by atoms with Crippen LogP contribution in [0.5, 0.6) is 0 Å². The van der Waals surface area contributed by atoms with E-state index in [1.165, 1.54) is 6.07 Å². The molecule has 1 heterocycles. The van der Waals surface area contributed by atoms with Crippen LogP contribution in [-0.4, -0.2) is 10.2 Å². The Morgan fingerprint density at radius 3 is 2.35 bits per heavy atom. The molecule has 0 aliphatic carbocycles. The summed E-state index contributed by atoms with van der Waals surface area (Å²) >= 11 is 4.17. The average Bonchev–Trinajstić information content (AvgIpc) is 2.62. The molecule has 2 nitrogen and oxygen atoms in total. The Labute approximate surface area is 105 Å². The maximum Gasteiger partial charge on any atom is 0.419 e. The number of benzene rings is 1. The number of hydrogen-bond acceptors (Lipinski definition) is 3. The van der Waals surface area contributed by atoms with Crippen LogP contribution >= 0.6 is 27.3 Å². The van der Waals surface area contributed by atoms with Crippen LogP contribution in [0.2, 0.25) is 0 Å². The predicted molar refractivity (Wildman–Crippen MR) is 58.0 cm³/mol. The first-order valence-corrected chi connectivity index (χ1v) is 5.85. The fourth-order valence-corrected chi connectivity index (χ4v) is 2.31. The molecule has 90 valence electrons. The monoisotopic (exact) mass is 326 g/mol. The molecule has 17 heavy (non-hydrogen) atoms. The molecule has 0 aliphatic heterocycles. The van der Waals surface area contributed by atoms with Crippen molar-refractivity contribution in [2.75, 3.05) is 0 Å². The molecule has 0 N–H and O–H groups in total. The van der Waals surface area contributed by atoms with Gasteiger partial charge < -0.3 is 0 Å². The van der Waals surface area contributed by atoms with Gasteiger partial charge in [0.05, 0.1) is 5.56 Å². The zero-order valence-corrected chi connectivity index (χ0v) is 10.3. The quantitative estimate of drug-likeness (QED) is 0.736. The smallest absolute Gasteiger partial charge is 0.206 e. The summed E-state index contributed by atoms with van der Waals surface area (Å²) in [5, 5.41) is 7.68. The lowest BCUT2D eigenvalue weighted by Gasteiger charge is -2.08. The molecular formula is C9H3BrF4N2S. The highest BCUT2D eigenvalue weighted by molar-refractivity contribution is 9.11. The lowest BCUT2D eigenvalue weighted by Crippen LogP contribution is -2.07. The first kappa shape index (κ1) is 12.4. The van der Waals surface area contributed by atoms with Gasteiger partial charge >= 0.3 is 6.18 Å². The van der Waals surface area contributed by atoms with Gasteiger partial charge in [-0.3, -0.25) is 0 Å². The summed E-state index contributed by atoms with van der Waals surface area (Å²) in [6, 6.07) is 2.66. The van der Waals surface area contributed by atoms with Gasteiger partial charge in [-0.2, -0.15) is 13.2 Å². The van der Waals surface area contributed by atoms with Gasteiger partial charge in [0, 0.05) is 5.56 Å². The fourth-order valence-electron chi connectivity index (χ4n) is 1.20. The minimum absolute atomic E-state index is 0.263. The van der Waals surface area contributed by atoms with Crippen molar-refractivity contribution in [3.8, 4) is 10.6 Å². The molecule has 0 unspecified atom stereocenters. The average molecular weight is 327 g/mol. The summed E-state index contributed by atoms with van der Waals surface area (Å²) in [6.07, 6.45) is -4.69. The Kier molecular flexibility index (Phi) is 3.17. The maximum atomic E-state index is 13.3. The van der Waals surface area contributed by atoms with E-state index in [9.17, 15) is 17.6 Å². The van der Waals surface area contributed by atoms with E-state index in [-0.39, 0.29) is 5.56 Å². The number of aromatic nitrogens is 2. The normalized spacial score (nSPS) is 11.8. The van der Waals surface area contributed by atoms with Gasteiger partial charge in [0.25, 0.3) is 0 Å². The number of alkyl halides is 3. The van der Waals surface area contributed by atoms with Crippen molar-refractivity contribution >= 4 is 27.3 Å². The van der Waals surface area contributed by atoms with Crippen molar-refractivity contribution in [3.05, 3.63) is 33.5 Å². The Balaban J connectivity index is 2.44. The van der Waals surface area contributed by atoms with Crippen LogP contribution in [0.3, 0.4) is 0 Å². The topological polar surface area (TPSA) is 25.8 Å². The van der Waals surface area contributed by atoms with Crippen LogP contribution < -0.4 is 0 Å². The highest BCUT2D eigenvalue weighted by atomic mass is 79.9. The summed E-state index contributed by atoms with van der Waals surface area (Å²) in [7, 11) is 0. The van der Waals surface area contributed by atoms with Gasteiger partial charge in [0.1, 0.15) is 10.8 Å². The molecule has 0 atom stereocenters. The molecule has 0 saturated carbocycles. The Morgan fingerprint density at radius 2 is 1.88 bits per heavy atom. The SMILES string of the molecule is Fc1cc(-c2nnc(Br)s2)ccc1C(F)(F)F. The van der Waals surface area contributed by atoms with E-state index in [0.717, 1.165) is 17.4 Å². The second kappa shape index (κ2) is 4.34.